The van der Waals surface area contributed by atoms with Gasteiger partial charge in [0.15, 0.2) is 11.6 Å². The van der Waals surface area contributed by atoms with Gasteiger partial charge in [-0.1, -0.05) is 176 Å². The minimum atomic E-state index is -0.771. The van der Waals surface area contributed by atoms with E-state index >= 15 is 0 Å². The molecular weight excluding hydrogens is 641 g/mol. The molecule has 1 aliphatic carbocycles. The molecule has 7 aromatic carbocycles. The summed E-state index contributed by atoms with van der Waals surface area (Å²) in [6.07, 6.45) is 0. The van der Waals surface area contributed by atoms with E-state index in [2.05, 4.69) is 163 Å². The lowest BCUT2D eigenvalue weighted by atomic mass is 9.78. The topological polar surface area (TPSA) is 41.9 Å². The molecule has 51 heavy (non-hydrogen) atoms. The number of nitrogens with zero attached hydrogens (tertiary/aromatic N) is 4. The second-order valence-corrected chi connectivity index (χ2v) is 13.9. The lowest BCUT2D eigenvalue weighted by Crippen LogP contribution is -2.45. The van der Waals surface area contributed by atoms with Gasteiger partial charge in [-0.05, 0) is 51.6 Å². The molecule has 0 saturated heterocycles. The van der Waals surface area contributed by atoms with E-state index in [4.69, 9.17) is 15.0 Å². The van der Waals surface area contributed by atoms with Gasteiger partial charge in [-0.15, -0.1) is 0 Å². The van der Waals surface area contributed by atoms with Crippen LogP contribution in [0.3, 0.4) is 0 Å². The third-order valence-corrected chi connectivity index (χ3v) is 11.1. The molecule has 0 amide bonds. The van der Waals surface area contributed by atoms with Gasteiger partial charge in [0.05, 0.1) is 5.69 Å². The molecule has 0 saturated carbocycles. The number of rotatable bonds is 4. The zero-order chi connectivity index (χ0) is 33.8. The van der Waals surface area contributed by atoms with Crippen LogP contribution in [0, 0.1) is 0 Å². The lowest BCUT2D eigenvalue weighted by Gasteiger charge is -2.43. The molecule has 0 unspecified atom stereocenters. The van der Waals surface area contributed by atoms with Crippen molar-refractivity contribution >= 4 is 23.4 Å². The van der Waals surface area contributed by atoms with Crippen LogP contribution >= 0.6 is 11.8 Å². The van der Waals surface area contributed by atoms with Crippen LogP contribution in [-0.4, -0.2) is 15.0 Å². The fourth-order valence-electron chi connectivity index (χ4n) is 7.76. The van der Waals surface area contributed by atoms with Crippen LogP contribution < -0.4 is 4.90 Å². The standard InChI is InChI=1S/C46H30N4S/c1-3-15-31(16-4-1)32-27-29-34(30-28-32)44-47-43(33-17-5-2-6-18-33)48-45(49-44)50-40-24-12-14-26-42(40)51-41-25-13-11-23-39(41)46(50)37-21-9-7-19-35(37)36-20-8-10-22-38(36)46/h1-30H. The lowest BCUT2D eigenvalue weighted by molar-refractivity contribution is 0.616. The van der Waals surface area contributed by atoms with Crippen LogP contribution in [0.15, 0.2) is 192 Å². The minimum Gasteiger partial charge on any atom is -0.291 e. The monoisotopic (exact) mass is 670 g/mol. The molecule has 0 bridgehead atoms. The second-order valence-electron chi connectivity index (χ2n) is 12.8. The minimum absolute atomic E-state index is 0.585. The summed E-state index contributed by atoms with van der Waals surface area (Å²) in [7, 11) is 0. The van der Waals surface area contributed by atoms with Gasteiger partial charge in [-0.3, -0.25) is 4.90 Å². The third kappa shape index (κ3) is 4.66. The van der Waals surface area contributed by atoms with Crippen LogP contribution in [0.2, 0.25) is 0 Å². The molecule has 0 N–H and O–H groups in total. The summed E-state index contributed by atoms with van der Waals surface area (Å²) in [6.45, 7) is 0. The van der Waals surface area contributed by atoms with Crippen molar-refractivity contribution in [1.29, 1.82) is 0 Å². The predicted molar refractivity (Wildman–Crippen MR) is 207 cm³/mol. The van der Waals surface area contributed by atoms with Crippen molar-refractivity contribution in [3.8, 4) is 45.0 Å². The first-order valence-corrected chi connectivity index (χ1v) is 17.9. The van der Waals surface area contributed by atoms with Crippen molar-refractivity contribution < 1.29 is 0 Å². The number of anilines is 2. The summed E-state index contributed by atoms with van der Waals surface area (Å²) in [5.41, 5.74) is 10.5. The predicted octanol–water partition coefficient (Wildman–Crippen LogP) is 11.4. The first-order chi connectivity index (χ1) is 25.3. The molecule has 1 aliphatic heterocycles. The highest BCUT2D eigenvalue weighted by molar-refractivity contribution is 7.99. The highest BCUT2D eigenvalue weighted by Gasteiger charge is 2.53. The number of fused-ring (bicyclic) bond motifs is 8. The molecule has 0 atom stereocenters. The first-order valence-electron chi connectivity index (χ1n) is 17.1. The van der Waals surface area contributed by atoms with Crippen molar-refractivity contribution in [2.24, 2.45) is 0 Å². The normalized spacial score (nSPS) is 13.5. The number of hydrogen-bond donors (Lipinski definition) is 0. The van der Waals surface area contributed by atoms with Gasteiger partial charge in [0.1, 0.15) is 5.54 Å². The van der Waals surface area contributed by atoms with E-state index in [1.165, 1.54) is 38.3 Å². The zero-order valence-electron chi connectivity index (χ0n) is 27.5. The number of aromatic nitrogens is 3. The average Bonchev–Trinajstić information content (AvgIpc) is 3.42. The number of benzene rings is 7. The van der Waals surface area contributed by atoms with Crippen LogP contribution in [-0.2, 0) is 5.54 Å². The van der Waals surface area contributed by atoms with Crippen molar-refractivity contribution in [2.75, 3.05) is 4.90 Å². The number of hydrogen-bond acceptors (Lipinski definition) is 5. The van der Waals surface area contributed by atoms with Gasteiger partial charge in [-0.2, -0.15) is 9.97 Å². The van der Waals surface area contributed by atoms with Crippen molar-refractivity contribution in [3.05, 3.63) is 199 Å². The molecular formula is C46H30N4S. The van der Waals surface area contributed by atoms with E-state index in [-0.39, 0.29) is 0 Å². The van der Waals surface area contributed by atoms with Crippen LogP contribution in [0.4, 0.5) is 11.6 Å². The van der Waals surface area contributed by atoms with Gasteiger partial charge in [0.25, 0.3) is 0 Å². The van der Waals surface area contributed by atoms with Gasteiger partial charge >= 0.3 is 0 Å². The molecule has 4 nitrogen and oxygen atoms in total. The molecule has 0 fully saturated rings. The molecule has 8 aromatic rings. The molecule has 240 valence electrons. The fourth-order valence-corrected chi connectivity index (χ4v) is 8.88. The SMILES string of the molecule is c1ccc(-c2ccc(-c3nc(-c4ccccc4)nc(N4c5ccccc5Sc5ccccc5C45c4ccccc4-c4ccccc45)n3)cc2)cc1. The van der Waals surface area contributed by atoms with Crippen molar-refractivity contribution in [2.45, 2.75) is 15.3 Å². The Hall–Kier alpha value is -6.30. The van der Waals surface area contributed by atoms with Gasteiger partial charge in [-0.25, -0.2) is 4.98 Å². The molecule has 5 heteroatoms. The maximum absolute atomic E-state index is 5.43. The van der Waals surface area contributed by atoms with Gasteiger partial charge in [0, 0.05) is 26.5 Å². The molecule has 0 radical (unpaired) electrons. The van der Waals surface area contributed by atoms with E-state index in [1.54, 1.807) is 11.8 Å². The van der Waals surface area contributed by atoms with Crippen LogP contribution in [0.25, 0.3) is 45.0 Å². The van der Waals surface area contributed by atoms with E-state index in [1.807, 2.05) is 24.3 Å². The molecule has 1 spiro atoms. The molecule has 10 rings (SSSR count). The van der Waals surface area contributed by atoms with E-state index in [0.29, 0.717) is 17.6 Å². The molecule has 1 aromatic heterocycles. The van der Waals surface area contributed by atoms with Gasteiger partial charge in [0.2, 0.25) is 5.95 Å². The summed E-state index contributed by atoms with van der Waals surface area (Å²) in [5.74, 6) is 1.83. The zero-order valence-corrected chi connectivity index (χ0v) is 28.3. The largest absolute Gasteiger partial charge is 0.291 e. The Balaban J connectivity index is 1.29. The Bertz CT molecular complexity index is 2520. The second kappa shape index (κ2) is 11.9. The van der Waals surface area contributed by atoms with Crippen molar-refractivity contribution in [3.63, 3.8) is 0 Å². The quantitative estimate of drug-likeness (QED) is 0.186. The highest BCUT2D eigenvalue weighted by atomic mass is 32.2. The van der Waals surface area contributed by atoms with Crippen LogP contribution in [0.1, 0.15) is 16.7 Å². The Labute approximate surface area is 301 Å². The van der Waals surface area contributed by atoms with Crippen LogP contribution in [0.5, 0.6) is 0 Å². The Morgan fingerprint density at radius 3 is 1.47 bits per heavy atom. The van der Waals surface area contributed by atoms with Crippen molar-refractivity contribution in [1.82, 2.24) is 15.0 Å². The average molecular weight is 671 g/mol. The fraction of sp³-hybridized carbons (Fsp3) is 0.0217. The van der Waals surface area contributed by atoms with E-state index in [0.717, 1.165) is 27.3 Å². The maximum Gasteiger partial charge on any atom is 0.235 e. The summed E-state index contributed by atoms with van der Waals surface area (Å²) in [6, 6.07) is 64.3. The molecule has 2 heterocycles. The summed E-state index contributed by atoms with van der Waals surface area (Å²) in [5, 5.41) is 0. The van der Waals surface area contributed by atoms with Gasteiger partial charge < -0.3 is 0 Å². The number of para-hydroxylation sites is 1. The summed E-state index contributed by atoms with van der Waals surface area (Å²) >= 11 is 1.80. The Morgan fingerprint density at radius 2 is 0.824 bits per heavy atom. The summed E-state index contributed by atoms with van der Waals surface area (Å²) in [4.78, 5) is 20.7. The summed E-state index contributed by atoms with van der Waals surface area (Å²) < 4.78 is 0. The molecule has 2 aliphatic rings. The highest BCUT2D eigenvalue weighted by Crippen LogP contribution is 2.61. The first kappa shape index (κ1) is 29.6. The Kier molecular flexibility index (Phi) is 6.93. The smallest absolute Gasteiger partial charge is 0.235 e. The maximum atomic E-state index is 5.43. The third-order valence-electron chi connectivity index (χ3n) is 9.97. The van der Waals surface area contributed by atoms with E-state index < -0.39 is 5.54 Å². The Morgan fingerprint density at radius 1 is 0.373 bits per heavy atom. The van der Waals surface area contributed by atoms with E-state index in [9.17, 15) is 0 Å².